The summed E-state index contributed by atoms with van der Waals surface area (Å²) in [6.45, 7) is 12.9. The molecule has 0 aliphatic heterocycles. The van der Waals surface area contributed by atoms with Crippen LogP contribution in [0.4, 0.5) is 0 Å². The molecular weight excluding hydrogens is 617 g/mol. The monoisotopic (exact) mass is 650 g/mol. The van der Waals surface area contributed by atoms with E-state index in [1.54, 1.807) is 12.4 Å². The Hall–Kier alpha value is -2.66. The number of pyridine rings is 1. The average Bonchev–Trinajstić information content (AvgIpc) is 3.48. The predicted molar refractivity (Wildman–Crippen MR) is 133 cm³/mol. The fourth-order valence-corrected chi connectivity index (χ4v) is 3.87. The van der Waals surface area contributed by atoms with Crippen LogP contribution in [0.2, 0.25) is 0 Å². The van der Waals surface area contributed by atoms with Gasteiger partial charge in [0.15, 0.2) is 0 Å². The molecule has 0 aromatic carbocycles. The van der Waals surface area contributed by atoms with Gasteiger partial charge in [-0.15, -0.1) is 0 Å². The van der Waals surface area contributed by atoms with Gasteiger partial charge >= 0.3 is 21.1 Å². The molecule has 5 rings (SSSR count). The van der Waals surface area contributed by atoms with E-state index in [0.29, 0.717) is 0 Å². The van der Waals surface area contributed by atoms with Crippen LogP contribution in [-0.2, 0) is 44.7 Å². The molecular formula is C27H33N7Pt. The molecule has 0 spiro atoms. The molecule has 0 unspecified atom stereocenters. The van der Waals surface area contributed by atoms with Crippen molar-refractivity contribution in [2.24, 2.45) is 0 Å². The first-order valence-corrected chi connectivity index (χ1v) is 11.9. The van der Waals surface area contributed by atoms with E-state index in [4.69, 9.17) is 4.98 Å². The Morgan fingerprint density at radius 2 is 1.46 bits per heavy atom. The molecule has 0 radical (unpaired) electrons. The summed E-state index contributed by atoms with van der Waals surface area (Å²) in [6, 6.07) is 6.10. The summed E-state index contributed by atoms with van der Waals surface area (Å²) in [5.74, 6) is 0. The predicted octanol–water partition coefficient (Wildman–Crippen LogP) is 5.07. The molecule has 0 fully saturated rings. The van der Waals surface area contributed by atoms with Gasteiger partial charge in [0.2, 0.25) is 0 Å². The van der Waals surface area contributed by atoms with Gasteiger partial charge in [0, 0.05) is 29.2 Å². The second kappa shape index (κ2) is 10.9. The summed E-state index contributed by atoms with van der Waals surface area (Å²) in [7, 11) is 0. The molecule has 4 aromatic heterocycles. The van der Waals surface area contributed by atoms with Crippen LogP contribution in [0.25, 0.3) is 22.8 Å². The molecule has 1 aliphatic rings. The third kappa shape index (κ3) is 6.52. The topological polar surface area (TPSA) is 92.7 Å². The van der Waals surface area contributed by atoms with Gasteiger partial charge in [-0.3, -0.25) is 9.97 Å². The summed E-state index contributed by atoms with van der Waals surface area (Å²) in [5.41, 5.74) is 7.97. The Morgan fingerprint density at radius 1 is 0.771 bits per heavy atom. The first-order valence-electron chi connectivity index (χ1n) is 11.9. The van der Waals surface area contributed by atoms with Gasteiger partial charge in [-0.2, -0.15) is 0 Å². The molecule has 35 heavy (non-hydrogen) atoms. The number of hydrogen-bond acceptors (Lipinski definition) is 5. The molecule has 1 aliphatic carbocycles. The van der Waals surface area contributed by atoms with Gasteiger partial charge in [0.05, 0.1) is 23.8 Å². The van der Waals surface area contributed by atoms with E-state index in [1.807, 2.05) is 18.5 Å². The molecule has 0 saturated heterocycles. The van der Waals surface area contributed by atoms with E-state index in [2.05, 4.69) is 84.0 Å². The van der Waals surface area contributed by atoms with Crippen molar-refractivity contribution in [3.63, 3.8) is 0 Å². The summed E-state index contributed by atoms with van der Waals surface area (Å²) < 4.78 is 0. The fraction of sp³-hybridized carbons (Fsp3) is 0.444. The van der Waals surface area contributed by atoms with E-state index < -0.39 is 0 Å². The quantitative estimate of drug-likeness (QED) is 0.299. The second-order valence-corrected chi connectivity index (χ2v) is 10.8. The maximum absolute atomic E-state index is 4.72. The molecule has 7 nitrogen and oxygen atoms in total. The molecule has 0 amide bonds. The Bertz CT molecular complexity index is 1230. The van der Waals surface area contributed by atoms with Gasteiger partial charge in [0.25, 0.3) is 0 Å². The van der Waals surface area contributed by atoms with Crippen molar-refractivity contribution in [3.05, 3.63) is 65.5 Å². The molecule has 0 N–H and O–H groups in total. The molecule has 0 saturated carbocycles. The van der Waals surface area contributed by atoms with Crippen LogP contribution in [0.1, 0.15) is 76.9 Å². The van der Waals surface area contributed by atoms with Crippen molar-refractivity contribution < 1.29 is 21.1 Å². The van der Waals surface area contributed by atoms with Crippen molar-refractivity contribution >= 4 is 0 Å². The number of hydrogen-bond donors (Lipinski definition) is 0. The Kier molecular flexibility index (Phi) is 8.42. The summed E-state index contributed by atoms with van der Waals surface area (Å²) in [4.78, 5) is 13.0. The molecule has 8 heteroatoms. The number of fused-ring (bicyclic) bond motifs is 1. The minimum atomic E-state index is -0.0352. The summed E-state index contributed by atoms with van der Waals surface area (Å²) in [5, 5.41) is 17.2. The largest absolute Gasteiger partial charge is 2.00 e. The van der Waals surface area contributed by atoms with Crippen molar-refractivity contribution in [2.45, 2.75) is 78.1 Å². The third-order valence-electron chi connectivity index (χ3n) is 5.99. The van der Waals surface area contributed by atoms with Gasteiger partial charge in [-0.1, -0.05) is 59.0 Å². The average molecular weight is 651 g/mol. The van der Waals surface area contributed by atoms with Crippen LogP contribution in [-0.4, -0.2) is 25.1 Å². The zero-order chi connectivity index (χ0) is 24.3. The second-order valence-electron chi connectivity index (χ2n) is 10.8. The fourth-order valence-electron chi connectivity index (χ4n) is 3.87. The van der Waals surface area contributed by atoms with Gasteiger partial charge in [-0.25, -0.2) is 4.98 Å². The van der Waals surface area contributed by atoms with Crippen molar-refractivity contribution in [3.8, 4) is 22.8 Å². The first kappa shape index (κ1) is 26.9. The molecule has 0 bridgehead atoms. The van der Waals surface area contributed by atoms with Gasteiger partial charge in [-0.05, 0) is 54.4 Å². The summed E-state index contributed by atoms with van der Waals surface area (Å²) >= 11 is 0. The number of aromatic nitrogens is 7. The van der Waals surface area contributed by atoms with Crippen molar-refractivity contribution in [1.29, 1.82) is 0 Å². The molecule has 0 atom stereocenters. The maximum Gasteiger partial charge on any atom is 2.00 e. The van der Waals surface area contributed by atoms with Crippen molar-refractivity contribution in [2.75, 3.05) is 0 Å². The zero-order valence-electron chi connectivity index (χ0n) is 21.3. The SMILES string of the molecule is CC(C)(C)c1cc(-c2cncc(-c3[n-]nc4c3CCCC4)n2)[n-]n1.CC(C)(C)c1ccncc1.[Pt+2]. The van der Waals surface area contributed by atoms with E-state index >= 15 is 0 Å². The summed E-state index contributed by atoms with van der Waals surface area (Å²) in [6.07, 6.45) is 11.6. The van der Waals surface area contributed by atoms with Gasteiger partial charge < -0.3 is 20.4 Å². The number of aryl methyl sites for hydroxylation is 1. The molecule has 4 aromatic rings. The van der Waals surface area contributed by atoms with Gasteiger partial charge in [0.1, 0.15) is 0 Å². The Labute approximate surface area is 222 Å². The van der Waals surface area contributed by atoms with Crippen molar-refractivity contribution in [1.82, 2.24) is 35.3 Å². The van der Waals surface area contributed by atoms with Crippen LogP contribution in [0.3, 0.4) is 0 Å². The molecule has 4 heterocycles. The van der Waals surface area contributed by atoms with Crippen LogP contribution in [0.5, 0.6) is 0 Å². The number of rotatable bonds is 2. The Balaban J connectivity index is 0.000000264. The van der Waals surface area contributed by atoms with Crippen LogP contribution >= 0.6 is 0 Å². The minimum absolute atomic E-state index is 0. The van der Waals surface area contributed by atoms with Crippen LogP contribution in [0.15, 0.2) is 43.0 Å². The zero-order valence-corrected chi connectivity index (χ0v) is 23.6. The van der Waals surface area contributed by atoms with Crippen LogP contribution < -0.4 is 10.2 Å². The molecule has 186 valence electrons. The first-order chi connectivity index (χ1) is 16.1. The Morgan fingerprint density at radius 3 is 2.09 bits per heavy atom. The minimum Gasteiger partial charge on any atom is -0.573 e. The van der Waals surface area contributed by atoms with E-state index in [0.717, 1.165) is 47.0 Å². The standard InChI is InChI=1S/C18H20N6.C9H13N.Pt/c1-18(2,3)16-8-13(22-23-16)14-9-19-10-15(20-14)17-11-6-4-5-7-12(11)21-24-17;1-9(2,3)8-4-6-10-7-5-8;/h8-10H,4-7H2,1-3H3;4-7H,1-3H3;/q-2;;+2. The van der Waals surface area contributed by atoms with E-state index in [9.17, 15) is 0 Å². The normalized spacial score (nSPS) is 13.3. The van der Waals surface area contributed by atoms with Crippen LogP contribution in [0, 0.1) is 0 Å². The maximum atomic E-state index is 4.72. The third-order valence-corrected chi connectivity index (χ3v) is 5.99. The van der Waals surface area contributed by atoms with E-state index in [1.165, 1.54) is 24.0 Å². The van der Waals surface area contributed by atoms with E-state index in [-0.39, 0.29) is 31.9 Å². The number of nitrogens with zero attached hydrogens (tertiary/aromatic N) is 7. The smallest absolute Gasteiger partial charge is 0.573 e.